The van der Waals surface area contributed by atoms with Crippen molar-refractivity contribution < 1.29 is 89.4 Å². The number of amides is 1. The number of carbonyl (C=O) groups excluding carboxylic acids is 1. The molecule has 19 heteroatoms. The zero-order valence-corrected chi connectivity index (χ0v) is 63.6. The van der Waals surface area contributed by atoms with E-state index in [2.05, 4.69) is 79.9 Å². The van der Waals surface area contributed by atoms with Crippen LogP contribution in [0.2, 0.25) is 0 Å². The first kappa shape index (κ1) is 93.4. The number of ether oxygens (including phenoxy) is 6. The van der Waals surface area contributed by atoms with E-state index in [-0.39, 0.29) is 18.9 Å². The van der Waals surface area contributed by atoms with Crippen LogP contribution in [0.3, 0.4) is 0 Å². The van der Waals surface area contributed by atoms with Crippen LogP contribution in [-0.4, -0.2) is 193 Å². The van der Waals surface area contributed by atoms with Crippen molar-refractivity contribution in [2.24, 2.45) is 0 Å². The molecule has 3 rings (SSSR count). The monoisotopic (exact) mass is 1450 g/mol. The Balaban J connectivity index is 1.28. The van der Waals surface area contributed by atoms with E-state index < -0.39 is 124 Å². The van der Waals surface area contributed by atoms with E-state index in [4.69, 9.17) is 28.4 Å². The van der Waals surface area contributed by atoms with Gasteiger partial charge in [-0.3, -0.25) is 4.79 Å². The number of hydrogen-bond donors (Lipinski definition) is 12. The highest BCUT2D eigenvalue weighted by Gasteiger charge is 2.54. The molecule has 0 aromatic heterocycles. The number of rotatable bonds is 65. The summed E-state index contributed by atoms with van der Waals surface area (Å²) >= 11 is 0. The standard InChI is InChI=1S/C83H149NO18/c1-3-5-7-9-11-13-15-17-19-21-22-23-24-25-26-27-28-29-30-31-32-33-34-35-36-37-38-39-40-41-42-43-44-45-47-49-51-53-55-57-59-61-71(89)84-66(67(88)60-58-56-54-52-50-48-46-20-18-16-14-12-10-8-6-4-2)65-97-81-77(95)74(92)79(69(63-86)99-81)102-83-78(96)75(93)80(70(64-87)100-83)101-82-76(94)73(91)72(90)68(62-85)98-82/h5,7,11,13,17,19,22-23,25-26,58,60,66-70,72-83,85-88,90-96H,3-4,6,8-10,12,14-16,18,20-21,24,27-57,59,61-65H2,1-2H3,(H,84,89)/b7-5-,13-11-,19-17-,23-22-,26-25-,60-58+. The molecule has 19 nitrogen and oxygen atoms in total. The number of nitrogens with one attached hydrogen (secondary N) is 1. The Bertz CT molecular complexity index is 2120. The van der Waals surface area contributed by atoms with E-state index in [1.165, 1.54) is 212 Å². The second kappa shape index (κ2) is 63.2. The Morgan fingerprint density at radius 2 is 0.676 bits per heavy atom. The van der Waals surface area contributed by atoms with Crippen LogP contribution >= 0.6 is 0 Å². The molecule has 594 valence electrons. The van der Waals surface area contributed by atoms with Gasteiger partial charge in [-0.1, -0.05) is 318 Å². The Labute approximate surface area is 617 Å². The molecular formula is C83H149NO18. The van der Waals surface area contributed by atoms with E-state index in [9.17, 15) is 61.0 Å². The number of aliphatic hydroxyl groups is 11. The molecule has 3 saturated heterocycles. The molecule has 3 aliphatic rings. The molecule has 0 saturated carbocycles. The molecule has 17 atom stereocenters. The summed E-state index contributed by atoms with van der Waals surface area (Å²) in [6.45, 7) is 1.65. The number of hydrogen-bond acceptors (Lipinski definition) is 18. The van der Waals surface area contributed by atoms with Crippen molar-refractivity contribution in [1.29, 1.82) is 0 Å². The maximum atomic E-state index is 13.5. The van der Waals surface area contributed by atoms with Gasteiger partial charge in [0.05, 0.1) is 38.6 Å². The summed E-state index contributed by atoms with van der Waals surface area (Å²) in [5.74, 6) is -0.271. The predicted molar refractivity (Wildman–Crippen MR) is 406 cm³/mol. The van der Waals surface area contributed by atoms with Gasteiger partial charge >= 0.3 is 0 Å². The third kappa shape index (κ3) is 42.7. The molecule has 0 aromatic rings. The van der Waals surface area contributed by atoms with Crippen LogP contribution in [0, 0.1) is 0 Å². The minimum atomic E-state index is -1.98. The zero-order valence-electron chi connectivity index (χ0n) is 63.6. The molecular weight excluding hydrogens is 1300 g/mol. The van der Waals surface area contributed by atoms with Gasteiger partial charge in [-0.15, -0.1) is 0 Å². The van der Waals surface area contributed by atoms with Gasteiger partial charge in [-0.25, -0.2) is 0 Å². The predicted octanol–water partition coefficient (Wildman–Crippen LogP) is 14.0. The first-order valence-corrected chi connectivity index (χ1v) is 41.2. The van der Waals surface area contributed by atoms with Gasteiger partial charge < -0.3 is 89.9 Å². The van der Waals surface area contributed by atoms with Crippen molar-refractivity contribution in [2.75, 3.05) is 26.4 Å². The topological polar surface area (TPSA) is 307 Å². The summed E-state index contributed by atoms with van der Waals surface area (Å²) in [4.78, 5) is 13.5. The second-order valence-corrected chi connectivity index (χ2v) is 29.2. The Kier molecular flexibility index (Phi) is 57.9. The minimum absolute atomic E-state index is 0.246. The maximum Gasteiger partial charge on any atom is 0.220 e. The number of carbonyl (C=O) groups is 1. The van der Waals surface area contributed by atoms with E-state index in [1.807, 2.05) is 6.08 Å². The van der Waals surface area contributed by atoms with Gasteiger partial charge in [0.1, 0.15) is 73.2 Å². The van der Waals surface area contributed by atoms with Crippen molar-refractivity contribution >= 4 is 5.91 Å². The largest absolute Gasteiger partial charge is 0.394 e. The molecule has 0 aromatic carbocycles. The van der Waals surface area contributed by atoms with Gasteiger partial charge in [0, 0.05) is 6.42 Å². The smallest absolute Gasteiger partial charge is 0.220 e. The minimum Gasteiger partial charge on any atom is -0.394 e. The van der Waals surface area contributed by atoms with Gasteiger partial charge in [-0.2, -0.15) is 0 Å². The number of aliphatic hydroxyl groups excluding tert-OH is 11. The van der Waals surface area contributed by atoms with Crippen LogP contribution in [-0.2, 0) is 33.2 Å². The third-order valence-corrected chi connectivity index (χ3v) is 20.3. The lowest BCUT2D eigenvalue weighted by Gasteiger charge is -2.48. The molecule has 3 heterocycles. The van der Waals surface area contributed by atoms with Gasteiger partial charge in [0.2, 0.25) is 5.91 Å². The first-order valence-electron chi connectivity index (χ1n) is 41.2. The van der Waals surface area contributed by atoms with Gasteiger partial charge in [0.25, 0.3) is 0 Å². The average molecular weight is 1450 g/mol. The Morgan fingerprint density at radius 1 is 0.363 bits per heavy atom. The summed E-state index contributed by atoms with van der Waals surface area (Å²) in [6.07, 6.45) is 56.3. The molecule has 12 N–H and O–H groups in total. The van der Waals surface area contributed by atoms with E-state index in [1.54, 1.807) is 6.08 Å². The number of allylic oxidation sites excluding steroid dienone is 11. The third-order valence-electron chi connectivity index (χ3n) is 20.3. The molecule has 17 unspecified atom stereocenters. The highest BCUT2D eigenvalue weighted by molar-refractivity contribution is 5.76. The van der Waals surface area contributed by atoms with Crippen LogP contribution in [0.15, 0.2) is 72.9 Å². The Morgan fingerprint density at radius 3 is 1.06 bits per heavy atom. The molecule has 0 spiro atoms. The fraction of sp³-hybridized carbons (Fsp3) is 0.843. The van der Waals surface area contributed by atoms with Crippen LogP contribution < -0.4 is 5.32 Å². The highest BCUT2D eigenvalue weighted by Crippen LogP contribution is 2.33. The zero-order chi connectivity index (χ0) is 73.9. The molecule has 102 heavy (non-hydrogen) atoms. The fourth-order valence-corrected chi connectivity index (χ4v) is 13.7. The lowest BCUT2D eigenvalue weighted by atomic mass is 9.96. The quantitative estimate of drug-likeness (QED) is 0.0199. The molecule has 0 aliphatic carbocycles. The summed E-state index contributed by atoms with van der Waals surface area (Å²) in [5.41, 5.74) is 0. The molecule has 1 amide bonds. The average Bonchev–Trinajstić information content (AvgIpc) is 0.755. The second-order valence-electron chi connectivity index (χ2n) is 29.2. The highest BCUT2D eigenvalue weighted by atomic mass is 16.8. The molecule has 0 bridgehead atoms. The van der Waals surface area contributed by atoms with Gasteiger partial charge in [0.15, 0.2) is 18.9 Å². The Hall–Kier alpha value is -2.77. The summed E-state index contributed by atoms with van der Waals surface area (Å²) in [7, 11) is 0. The molecule has 3 fully saturated rings. The number of unbranched alkanes of at least 4 members (excludes halogenated alkanes) is 39. The van der Waals surface area contributed by atoms with Crippen molar-refractivity contribution in [3.05, 3.63) is 72.9 Å². The van der Waals surface area contributed by atoms with Crippen molar-refractivity contribution in [2.45, 2.75) is 420 Å². The lowest BCUT2D eigenvalue weighted by Crippen LogP contribution is -2.66. The van der Waals surface area contributed by atoms with Crippen molar-refractivity contribution in [1.82, 2.24) is 5.32 Å². The van der Waals surface area contributed by atoms with E-state index >= 15 is 0 Å². The SMILES string of the molecule is CC/C=C\C/C=C\C/C=C\C/C=C\C/C=C\CCCCCCCCCCCCCCCCCCCCCCCCCCCC(=O)NC(COC1OC(CO)C(OC2OC(CO)C(OC3OC(CO)C(O)C(O)C3O)C(O)C2O)C(O)C1O)C(O)/C=C/CCCCCCCCCCCCCCCC. The van der Waals surface area contributed by atoms with Gasteiger partial charge in [-0.05, 0) is 64.2 Å². The van der Waals surface area contributed by atoms with Crippen molar-refractivity contribution in [3.63, 3.8) is 0 Å². The summed E-state index contributed by atoms with van der Waals surface area (Å²) in [6, 6.07) is -0.973. The van der Waals surface area contributed by atoms with Crippen molar-refractivity contribution in [3.8, 4) is 0 Å². The molecule has 0 radical (unpaired) electrons. The van der Waals surface area contributed by atoms with Crippen LogP contribution in [0.25, 0.3) is 0 Å². The van der Waals surface area contributed by atoms with E-state index in [0.717, 1.165) is 77.0 Å². The van der Waals surface area contributed by atoms with E-state index in [0.29, 0.717) is 6.42 Å². The summed E-state index contributed by atoms with van der Waals surface area (Å²) < 4.78 is 34.4. The first-order chi connectivity index (χ1) is 49.8. The lowest BCUT2D eigenvalue weighted by molar-refractivity contribution is -0.379. The normalized spacial score (nSPS) is 26.5. The van der Waals surface area contributed by atoms with Crippen LogP contribution in [0.5, 0.6) is 0 Å². The van der Waals surface area contributed by atoms with Crippen LogP contribution in [0.1, 0.15) is 316 Å². The van der Waals surface area contributed by atoms with Crippen LogP contribution in [0.4, 0.5) is 0 Å². The molecule has 3 aliphatic heterocycles. The maximum absolute atomic E-state index is 13.5. The fourth-order valence-electron chi connectivity index (χ4n) is 13.7. The summed E-state index contributed by atoms with van der Waals surface area (Å²) in [5, 5.41) is 121.